The van der Waals surface area contributed by atoms with E-state index >= 15 is 0 Å². The van der Waals surface area contributed by atoms with Crippen LogP contribution in [-0.2, 0) is 11.8 Å². The van der Waals surface area contributed by atoms with Gasteiger partial charge in [0.1, 0.15) is 11.4 Å². The van der Waals surface area contributed by atoms with E-state index in [9.17, 15) is 0 Å². The van der Waals surface area contributed by atoms with E-state index in [2.05, 4.69) is 37.3 Å². The molecule has 0 aromatic carbocycles. The molecule has 0 aliphatic carbocycles. The number of ether oxygens (including phenoxy) is 1. The topological polar surface area (TPSA) is 115 Å². The molecule has 1 saturated heterocycles. The standard InChI is InChI=1S/C16H18N10O/c1-10-9-27-8-7-25(10)16-19-13(12-4-6-18-24(12)2)15-22-21-14(26(15)23-16)11-3-5-17-20-11/h3-6,10H,7-9H2,1-2H3,(H,17,20). The number of morpholine rings is 1. The second-order valence-corrected chi connectivity index (χ2v) is 6.45. The van der Waals surface area contributed by atoms with Crippen molar-refractivity contribution < 1.29 is 4.74 Å². The molecule has 0 bridgehead atoms. The molecule has 27 heavy (non-hydrogen) atoms. The number of nitrogens with zero attached hydrogens (tertiary/aromatic N) is 9. The van der Waals surface area contributed by atoms with Crippen molar-refractivity contribution in [1.82, 2.24) is 44.8 Å². The van der Waals surface area contributed by atoms with Crippen LogP contribution in [0, 0.1) is 0 Å². The molecular formula is C16H18N10O. The Morgan fingerprint density at radius 3 is 2.89 bits per heavy atom. The molecule has 5 rings (SSSR count). The third kappa shape index (κ3) is 2.54. The minimum Gasteiger partial charge on any atom is -0.377 e. The number of hydrogen-bond donors (Lipinski definition) is 1. The summed E-state index contributed by atoms with van der Waals surface area (Å²) in [7, 11) is 1.87. The van der Waals surface area contributed by atoms with Crippen LogP contribution in [0.25, 0.3) is 28.6 Å². The van der Waals surface area contributed by atoms with Gasteiger partial charge in [0.05, 0.1) is 24.9 Å². The van der Waals surface area contributed by atoms with Gasteiger partial charge in [0.15, 0.2) is 0 Å². The van der Waals surface area contributed by atoms with E-state index in [1.165, 1.54) is 0 Å². The van der Waals surface area contributed by atoms with Gasteiger partial charge < -0.3 is 9.64 Å². The van der Waals surface area contributed by atoms with Gasteiger partial charge in [0.2, 0.25) is 17.4 Å². The summed E-state index contributed by atoms with van der Waals surface area (Å²) >= 11 is 0. The highest BCUT2D eigenvalue weighted by molar-refractivity contribution is 5.73. The molecule has 1 aliphatic heterocycles. The SMILES string of the molecule is CC1COCCN1c1nc(-c2ccnn2C)c2nnc(-c3ccn[nH]3)n2n1. The number of aromatic amines is 1. The number of hydrogen-bond acceptors (Lipinski definition) is 8. The zero-order valence-electron chi connectivity index (χ0n) is 14.9. The molecule has 1 fully saturated rings. The Morgan fingerprint density at radius 2 is 2.15 bits per heavy atom. The van der Waals surface area contributed by atoms with E-state index < -0.39 is 0 Å². The van der Waals surface area contributed by atoms with Crippen molar-refractivity contribution in [3.8, 4) is 22.9 Å². The van der Waals surface area contributed by atoms with Crippen LogP contribution in [0.15, 0.2) is 24.5 Å². The van der Waals surface area contributed by atoms with Gasteiger partial charge in [-0.05, 0) is 19.1 Å². The number of rotatable bonds is 3. The molecule has 0 radical (unpaired) electrons. The van der Waals surface area contributed by atoms with Crippen molar-refractivity contribution in [2.45, 2.75) is 13.0 Å². The van der Waals surface area contributed by atoms with Crippen LogP contribution in [0.1, 0.15) is 6.92 Å². The molecule has 1 aliphatic rings. The molecule has 4 aromatic heterocycles. The zero-order chi connectivity index (χ0) is 18.4. The maximum absolute atomic E-state index is 5.55. The maximum atomic E-state index is 5.55. The Labute approximate surface area is 154 Å². The summed E-state index contributed by atoms with van der Waals surface area (Å²) in [6, 6.07) is 3.90. The molecule has 1 N–H and O–H groups in total. The van der Waals surface area contributed by atoms with Gasteiger partial charge in [0, 0.05) is 26.0 Å². The predicted molar refractivity (Wildman–Crippen MR) is 96.0 cm³/mol. The summed E-state index contributed by atoms with van der Waals surface area (Å²) in [6.07, 6.45) is 3.40. The van der Waals surface area contributed by atoms with Crippen LogP contribution in [-0.4, -0.2) is 70.6 Å². The minimum atomic E-state index is 0.169. The number of nitrogens with one attached hydrogen (secondary N) is 1. The number of aryl methyl sites for hydroxylation is 1. The van der Waals surface area contributed by atoms with Gasteiger partial charge >= 0.3 is 0 Å². The van der Waals surface area contributed by atoms with E-state index in [1.807, 2.05) is 19.2 Å². The summed E-state index contributed by atoms with van der Waals surface area (Å²) in [5.41, 5.74) is 2.82. The summed E-state index contributed by atoms with van der Waals surface area (Å²) in [4.78, 5) is 6.96. The average molecular weight is 366 g/mol. The molecule has 0 spiro atoms. The van der Waals surface area contributed by atoms with Gasteiger partial charge in [-0.15, -0.1) is 15.3 Å². The lowest BCUT2D eigenvalue weighted by Gasteiger charge is -2.33. The number of fused-ring (bicyclic) bond motifs is 1. The molecular weight excluding hydrogens is 348 g/mol. The maximum Gasteiger partial charge on any atom is 0.244 e. The quantitative estimate of drug-likeness (QED) is 0.558. The third-order valence-corrected chi connectivity index (χ3v) is 4.68. The molecule has 11 nitrogen and oxygen atoms in total. The first kappa shape index (κ1) is 15.9. The van der Waals surface area contributed by atoms with Crippen molar-refractivity contribution in [2.75, 3.05) is 24.7 Å². The fourth-order valence-corrected chi connectivity index (χ4v) is 3.26. The Hall–Kier alpha value is -3.34. The predicted octanol–water partition coefficient (Wildman–Crippen LogP) is 0.535. The van der Waals surface area contributed by atoms with Crippen molar-refractivity contribution in [3.05, 3.63) is 24.5 Å². The Morgan fingerprint density at radius 1 is 1.22 bits per heavy atom. The monoisotopic (exact) mass is 366 g/mol. The van der Waals surface area contributed by atoms with Crippen molar-refractivity contribution in [1.29, 1.82) is 0 Å². The summed E-state index contributed by atoms with van der Waals surface area (Å²) < 4.78 is 9.03. The number of anilines is 1. The number of aromatic nitrogens is 9. The van der Waals surface area contributed by atoms with Crippen LogP contribution in [0.5, 0.6) is 0 Å². The molecule has 0 amide bonds. The van der Waals surface area contributed by atoms with E-state index in [-0.39, 0.29) is 6.04 Å². The molecule has 4 aromatic rings. The van der Waals surface area contributed by atoms with Crippen LogP contribution in [0.3, 0.4) is 0 Å². The van der Waals surface area contributed by atoms with Crippen LogP contribution in [0.2, 0.25) is 0 Å². The fourth-order valence-electron chi connectivity index (χ4n) is 3.26. The van der Waals surface area contributed by atoms with E-state index in [4.69, 9.17) is 14.8 Å². The normalized spacial score (nSPS) is 17.7. The van der Waals surface area contributed by atoms with E-state index in [0.29, 0.717) is 36.3 Å². The van der Waals surface area contributed by atoms with Crippen molar-refractivity contribution in [3.63, 3.8) is 0 Å². The van der Waals surface area contributed by atoms with Crippen LogP contribution in [0.4, 0.5) is 5.95 Å². The average Bonchev–Trinajstić information content (AvgIpc) is 3.41. The molecule has 138 valence electrons. The molecule has 0 saturated carbocycles. The Bertz CT molecular complexity index is 1080. The van der Waals surface area contributed by atoms with Gasteiger partial charge in [0.25, 0.3) is 0 Å². The van der Waals surface area contributed by atoms with Crippen molar-refractivity contribution in [2.24, 2.45) is 7.05 Å². The fraction of sp³-hybridized carbons (Fsp3) is 0.375. The lowest BCUT2D eigenvalue weighted by molar-refractivity contribution is 0.0979. The Kier molecular flexibility index (Phi) is 3.60. The molecule has 1 atom stereocenters. The second-order valence-electron chi connectivity index (χ2n) is 6.45. The van der Waals surface area contributed by atoms with Crippen molar-refractivity contribution >= 4 is 11.6 Å². The summed E-state index contributed by atoms with van der Waals surface area (Å²) in [5.74, 6) is 1.19. The highest BCUT2D eigenvalue weighted by atomic mass is 16.5. The van der Waals surface area contributed by atoms with Gasteiger partial charge in [-0.25, -0.2) is 4.98 Å². The summed E-state index contributed by atoms with van der Waals surface area (Å²) in [6.45, 7) is 4.10. The van der Waals surface area contributed by atoms with Gasteiger partial charge in [-0.1, -0.05) is 0 Å². The Balaban J connectivity index is 1.76. The minimum absolute atomic E-state index is 0.169. The second kappa shape index (κ2) is 6.13. The lowest BCUT2D eigenvalue weighted by atomic mass is 10.2. The first-order valence-electron chi connectivity index (χ1n) is 8.68. The highest BCUT2D eigenvalue weighted by Gasteiger charge is 2.26. The summed E-state index contributed by atoms with van der Waals surface area (Å²) in [5, 5.41) is 24.6. The lowest BCUT2D eigenvalue weighted by Crippen LogP contribution is -2.44. The smallest absolute Gasteiger partial charge is 0.244 e. The van der Waals surface area contributed by atoms with Gasteiger partial charge in [-0.2, -0.15) is 14.7 Å². The highest BCUT2D eigenvalue weighted by Crippen LogP contribution is 2.26. The molecule has 5 heterocycles. The van der Waals surface area contributed by atoms with E-state index in [1.54, 1.807) is 21.6 Å². The zero-order valence-corrected chi connectivity index (χ0v) is 14.9. The van der Waals surface area contributed by atoms with Gasteiger partial charge in [-0.3, -0.25) is 9.78 Å². The first-order chi connectivity index (χ1) is 13.2. The largest absolute Gasteiger partial charge is 0.377 e. The first-order valence-corrected chi connectivity index (χ1v) is 8.68. The van der Waals surface area contributed by atoms with E-state index in [0.717, 1.165) is 17.9 Å². The van der Waals surface area contributed by atoms with Crippen LogP contribution >= 0.6 is 0 Å². The third-order valence-electron chi connectivity index (χ3n) is 4.68. The van der Waals surface area contributed by atoms with Crippen LogP contribution < -0.4 is 4.90 Å². The molecule has 1 unspecified atom stereocenters. The number of H-pyrrole nitrogens is 1. The molecule has 11 heteroatoms.